The number of amides is 1. The highest BCUT2D eigenvalue weighted by molar-refractivity contribution is 9.09. The molecule has 2 atom stereocenters. The number of hydrogen-bond donors (Lipinski definition) is 2. The summed E-state index contributed by atoms with van der Waals surface area (Å²) in [6, 6.07) is 5.31. The van der Waals surface area contributed by atoms with Crippen molar-refractivity contribution in [2.24, 2.45) is 5.73 Å². The van der Waals surface area contributed by atoms with Gasteiger partial charge in [0.2, 0.25) is 0 Å². The molecule has 1 aliphatic rings. The first-order chi connectivity index (χ1) is 12.4. The molecule has 2 unspecified atom stereocenters. The monoisotopic (exact) mass is 458 g/mol. The predicted octanol–water partition coefficient (Wildman–Crippen LogP) is 5.27. The molecule has 0 saturated carbocycles. The van der Waals surface area contributed by atoms with Gasteiger partial charge in [-0.25, -0.2) is 4.39 Å². The Hall–Kier alpha value is -1.20. The summed E-state index contributed by atoms with van der Waals surface area (Å²) in [5, 5.41) is 2.80. The number of fused-ring (bicyclic) bond motifs is 1. The van der Waals surface area contributed by atoms with Gasteiger partial charge in [0.1, 0.15) is 11.5 Å². The van der Waals surface area contributed by atoms with E-state index in [1.807, 2.05) is 6.92 Å². The van der Waals surface area contributed by atoms with Crippen LogP contribution in [0.15, 0.2) is 41.5 Å². The molecule has 0 radical (unpaired) electrons. The van der Waals surface area contributed by atoms with Gasteiger partial charge < -0.3 is 15.2 Å². The zero-order valence-electron chi connectivity index (χ0n) is 14.1. The average Bonchev–Trinajstić information content (AvgIpc) is 2.85. The third-order valence-electron chi connectivity index (χ3n) is 4.02. The summed E-state index contributed by atoms with van der Waals surface area (Å²) in [5.41, 5.74) is 6.63. The number of H-pyrrole nitrogens is 1. The number of primary amides is 1. The van der Waals surface area contributed by atoms with Gasteiger partial charge in [-0.05, 0) is 55.4 Å². The Bertz CT molecular complexity index is 912. The van der Waals surface area contributed by atoms with Gasteiger partial charge in [-0.3, -0.25) is 4.79 Å². The number of rotatable bonds is 5. The van der Waals surface area contributed by atoms with Crippen LogP contribution in [0.5, 0.6) is 0 Å². The largest absolute Gasteiger partial charge is 0.364 e. The third-order valence-corrected chi connectivity index (χ3v) is 7.24. The lowest BCUT2D eigenvalue weighted by atomic mass is 10.2. The van der Waals surface area contributed by atoms with Crippen LogP contribution in [-0.2, 0) is 4.52 Å². The van der Waals surface area contributed by atoms with Crippen LogP contribution in [0.25, 0.3) is 10.9 Å². The molecular weight excluding hydrogens is 442 g/mol. The number of carbonyl (C=O) groups is 1. The molecule has 4 nitrogen and oxygen atoms in total. The fourth-order valence-corrected chi connectivity index (χ4v) is 5.78. The van der Waals surface area contributed by atoms with Crippen LogP contribution in [0.2, 0.25) is 5.02 Å². The molecule has 1 aromatic heterocycles. The fourth-order valence-electron chi connectivity index (χ4n) is 2.94. The molecule has 3 rings (SSSR count). The van der Waals surface area contributed by atoms with Gasteiger partial charge in [-0.15, -0.1) is 0 Å². The highest BCUT2D eigenvalue weighted by Gasteiger charge is 2.29. The number of hydrogen-bond acceptors (Lipinski definition) is 2. The number of allylic oxidation sites excluding steroid dienone is 4. The molecule has 2 aromatic rings. The highest BCUT2D eigenvalue weighted by atomic mass is 79.9. The maximum Gasteiger partial charge on any atom is 0.265 e. The van der Waals surface area contributed by atoms with Crippen molar-refractivity contribution in [1.82, 2.24) is 4.98 Å². The van der Waals surface area contributed by atoms with Gasteiger partial charge in [-0.2, -0.15) is 0 Å². The van der Waals surface area contributed by atoms with Gasteiger partial charge in [0.25, 0.3) is 5.91 Å². The Morgan fingerprint density at radius 1 is 1.54 bits per heavy atom. The number of aromatic amines is 1. The smallest absolute Gasteiger partial charge is 0.265 e. The van der Waals surface area contributed by atoms with Crippen molar-refractivity contribution < 1.29 is 13.7 Å². The molecule has 0 fully saturated rings. The van der Waals surface area contributed by atoms with E-state index in [1.165, 1.54) is 12.2 Å². The minimum absolute atomic E-state index is 0.0391. The number of nitrogens with one attached hydrogen (secondary N) is 1. The van der Waals surface area contributed by atoms with Crippen LogP contribution in [0.1, 0.15) is 30.3 Å². The molecule has 26 heavy (non-hydrogen) atoms. The van der Waals surface area contributed by atoms with E-state index in [0.717, 1.165) is 22.6 Å². The van der Waals surface area contributed by atoms with Crippen LogP contribution in [0, 0.1) is 0 Å². The summed E-state index contributed by atoms with van der Waals surface area (Å²) in [4.78, 5) is 15.1. The van der Waals surface area contributed by atoms with E-state index < -0.39 is 14.1 Å². The molecule has 0 aliphatic heterocycles. The lowest BCUT2D eigenvalue weighted by molar-refractivity contribution is 0.0997. The molecule has 1 amide bonds. The molecule has 0 bridgehead atoms. The second kappa shape index (κ2) is 8.22. The topological polar surface area (TPSA) is 68.1 Å². The number of carbonyl (C=O) groups excluding carboxylic acids is 1. The van der Waals surface area contributed by atoms with E-state index in [-0.39, 0.29) is 16.3 Å². The zero-order chi connectivity index (χ0) is 18.8. The van der Waals surface area contributed by atoms with Crippen LogP contribution >= 0.6 is 35.7 Å². The van der Waals surface area contributed by atoms with Gasteiger partial charge >= 0.3 is 0 Å². The summed E-state index contributed by atoms with van der Waals surface area (Å²) in [7, 11) is -1.40. The Labute approximate surface area is 165 Å². The summed E-state index contributed by atoms with van der Waals surface area (Å²) in [6.45, 7) is 2.30. The van der Waals surface area contributed by atoms with Gasteiger partial charge in [0, 0.05) is 32.7 Å². The van der Waals surface area contributed by atoms with Crippen molar-refractivity contribution in [3.63, 3.8) is 0 Å². The minimum Gasteiger partial charge on any atom is -0.364 e. The Balaban J connectivity index is 2.19. The van der Waals surface area contributed by atoms with E-state index in [9.17, 15) is 9.18 Å². The summed E-state index contributed by atoms with van der Waals surface area (Å²) < 4.78 is 20.2. The normalized spacial score (nSPS) is 19.0. The summed E-state index contributed by atoms with van der Waals surface area (Å²) in [5.74, 6) is -0.895. The van der Waals surface area contributed by atoms with Crippen LogP contribution < -0.4 is 11.0 Å². The average molecular weight is 460 g/mol. The molecule has 3 N–H and O–H groups in total. The first-order valence-corrected chi connectivity index (χ1v) is 10.7. The first kappa shape index (κ1) is 19.6. The lowest BCUT2D eigenvalue weighted by Crippen LogP contribution is -2.21. The summed E-state index contributed by atoms with van der Waals surface area (Å²) >= 11 is 9.61. The van der Waals surface area contributed by atoms with Gasteiger partial charge in [0.05, 0.1) is 8.15 Å². The van der Waals surface area contributed by atoms with Crippen molar-refractivity contribution in [3.8, 4) is 0 Å². The van der Waals surface area contributed by atoms with Crippen molar-refractivity contribution in [1.29, 1.82) is 0 Å². The van der Waals surface area contributed by atoms with E-state index in [2.05, 4.69) is 20.9 Å². The van der Waals surface area contributed by atoms with Crippen LogP contribution in [-0.4, -0.2) is 22.3 Å². The quantitative estimate of drug-likeness (QED) is 0.472. The van der Waals surface area contributed by atoms with Gasteiger partial charge in [0.15, 0.2) is 0 Å². The second-order valence-corrected chi connectivity index (χ2v) is 9.34. The Morgan fingerprint density at radius 3 is 3.00 bits per heavy atom. The molecule has 138 valence electrons. The number of benzene rings is 1. The lowest BCUT2D eigenvalue weighted by Gasteiger charge is -2.21. The first-order valence-electron chi connectivity index (χ1n) is 8.16. The predicted molar refractivity (Wildman–Crippen MR) is 109 cm³/mol. The van der Waals surface area contributed by atoms with E-state index >= 15 is 0 Å². The van der Waals surface area contributed by atoms with Crippen molar-refractivity contribution >= 4 is 57.8 Å². The Morgan fingerprint density at radius 2 is 2.31 bits per heavy atom. The second-order valence-electron chi connectivity index (χ2n) is 5.86. The standard InChI is InChI=1S/C18H18BrClFN2O2P/c1-2-25-26(13-5-3-10(19)7-12(21)9-13)17-14-8-11(20)4-6-15(14)23-16(17)18(22)24/h4,6-10,23H,2-3,5H2,1H3,(H2,22,24). The molecule has 0 saturated heterocycles. The maximum atomic E-state index is 14.2. The number of halogens is 3. The van der Waals surface area contributed by atoms with E-state index in [1.54, 1.807) is 18.2 Å². The minimum atomic E-state index is -1.40. The van der Waals surface area contributed by atoms with E-state index in [0.29, 0.717) is 23.4 Å². The van der Waals surface area contributed by atoms with Crippen molar-refractivity contribution in [2.45, 2.75) is 24.6 Å². The third kappa shape index (κ3) is 4.04. The van der Waals surface area contributed by atoms with Gasteiger partial charge in [-0.1, -0.05) is 27.5 Å². The highest BCUT2D eigenvalue weighted by Crippen LogP contribution is 2.51. The fraction of sp³-hybridized carbons (Fsp3) is 0.278. The molecule has 8 heteroatoms. The number of alkyl halides is 1. The number of aromatic nitrogens is 1. The summed E-state index contributed by atoms with van der Waals surface area (Å²) in [6.07, 6.45) is 4.43. The molecule has 1 heterocycles. The maximum absolute atomic E-state index is 14.2. The SMILES string of the molecule is CCOP(C1=CC(F)=CC(Br)CC1)c1c(C(N)=O)[nH]c2ccc(Cl)cc12. The molecule has 1 aromatic carbocycles. The zero-order valence-corrected chi connectivity index (χ0v) is 17.3. The van der Waals surface area contributed by atoms with Crippen molar-refractivity contribution in [2.75, 3.05) is 6.61 Å². The van der Waals surface area contributed by atoms with Crippen LogP contribution in [0.3, 0.4) is 0 Å². The van der Waals surface area contributed by atoms with E-state index in [4.69, 9.17) is 21.9 Å². The number of nitrogens with two attached hydrogens (primary N) is 1. The molecule has 1 aliphatic carbocycles. The molecular formula is C18H18BrClFN2O2P. The Kier molecular flexibility index (Phi) is 6.18. The van der Waals surface area contributed by atoms with Crippen molar-refractivity contribution in [3.05, 3.63) is 52.2 Å². The van der Waals surface area contributed by atoms with Crippen LogP contribution in [0.4, 0.5) is 4.39 Å². The molecule has 0 spiro atoms.